The molecule has 1 heterocycles. The van der Waals surface area contributed by atoms with Crippen molar-refractivity contribution in [3.63, 3.8) is 0 Å². The minimum Gasteiger partial charge on any atom is -0.323 e. The van der Waals surface area contributed by atoms with Gasteiger partial charge in [0, 0.05) is 5.69 Å². The van der Waals surface area contributed by atoms with Gasteiger partial charge in [0.1, 0.15) is 0 Å². The van der Waals surface area contributed by atoms with Gasteiger partial charge >= 0.3 is 0 Å². The van der Waals surface area contributed by atoms with E-state index in [-0.39, 0.29) is 12.5 Å². The molecule has 0 fully saturated rings. The second-order valence-electron chi connectivity index (χ2n) is 2.84. The van der Waals surface area contributed by atoms with Crippen molar-refractivity contribution < 1.29 is 4.79 Å². The molecular weight excluding hydrogens is 166 g/mol. The molecule has 0 saturated carbocycles. The molecule has 0 atom stereocenters. The molecule has 4 nitrogen and oxygen atoms in total. The van der Waals surface area contributed by atoms with Crippen LogP contribution in [0.15, 0.2) is 12.1 Å². The number of hydrogen-bond donors (Lipinski definition) is 2. The Hall–Kier alpha value is -1.42. The maximum Gasteiger partial charge on any atom is 0.238 e. The molecule has 0 aromatic carbocycles. The number of anilines is 1. The summed E-state index contributed by atoms with van der Waals surface area (Å²) in [6.45, 7) is 3.74. The number of nitrogens with two attached hydrogens (primary N) is 1. The molecule has 1 amide bonds. The molecule has 4 heteroatoms. The van der Waals surface area contributed by atoms with Gasteiger partial charge in [0.2, 0.25) is 5.91 Å². The van der Waals surface area contributed by atoms with Crippen LogP contribution in [0, 0.1) is 13.8 Å². The van der Waals surface area contributed by atoms with Gasteiger partial charge in [-0.2, -0.15) is 0 Å². The Labute approximate surface area is 77.2 Å². The second-order valence-corrected chi connectivity index (χ2v) is 2.84. The van der Waals surface area contributed by atoms with Gasteiger partial charge in [0.05, 0.1) is 17.9 Å². The fraction of sp³-hybridized carbons (Fsp3) is 0.333. The minimum absolute atomic E-state index is 0.00663. The highest BCUT2D eigenvalue weighted by molar-refractivity contribution is 5.92. The Morgan fingerprint density at radius 3 is 2.77 bits per heavy atom. The number of carbonyl (C=O) groups excluding carboxylic acids is 1. The maximum absolute atomic E-state index is 11.0. The maximum atomic E-state index is 11.0. The van der Waals surface area contributed by atoms with Crippen LogP contribution in [0.4, 0.5) is 5.69 Å². The summed E-state index contributed by atoms with van der Waals surface area (Å²) < 4.78 is 0. The van der Waals surface area contributed by atoms with Crippen LogP contribution in [-0.4, -0.2) is 17.4 Å². The molecule has 0 radical (unpaired) electrons. The molecule has 0 unspecified atom stereocenters. The first-order valence-corrected chi connectivity index (χ1v) is 4.07. The largest absolute Gasteiger partial charge is 0.323 e. The first kappa shape index (κ1) is 9.67. The van der Waals surface area contributed by atoms with Gasteiger partial charge in [-0.15, -0.1) is 0 Å². The molecule has 1 rings (SSSR count). The van der Waals surface area contributed by atoms with Crippen LogP contribution in [0.25, 0.3) is 0 Å². The SMILES string of the molecule is Cc1ccc(NC(=O)CN)c(C)n1. The molecule has 0 spiro atoms. The van der Waals surface area contributed by atoms with E-state index in [0.717, 1.165) is 17.1 Å². The van der Waals surface area contributed by atoms with Gasteiger partial charge in [-0.05, 0) is 26.0 Å². The third-order valence-corrected chi connectivity index (χ3v) is 1.68. The average Bonchev–Trinajstić information content (AvgIpc) is 2.09. The summed E-state index contributed by atoms with van der Waals surface area (Å²) in [5, 5.41) is 2.66. The predicted octanol–water partition coefficient (Wildman–Crippen LogP) is 0.596. The van der Waals surface area contributed by atoms with Gasteiger partial charge in [0.15, 0.2) is 0 Å². The third-order valence-electron chi connectivity index (χ3n) is 1.68. The van der Waals surface area contributed by atoms with Crippen molar-refractivity contribution in [1.82, 2.24) is 4.98 Å². The fourth-order valence-electron chi connectivity index (χ4n) is 1.02. The summed E-state index contributed by atoms with van der Waals surface area (Å²) in [6, 6.07) is 3.67. The van der Waals surface area contributed by atoms with Crippen LogP contribution >= 0.6 is 0 Å². The summed E-state index contributed by atoms with van der Waals surface area (Å²) in [4.78, 5) is 15.2. The van der Waals surface area contributed by atoms with Crippen LogP contribution in [-0.2, 0) is 4.79 Å². The predicted molar refractivity (Wildman–Crippen MR) is 51.4 cm³/mol. The molecule has 0 saturated heterocycles. The highest BCUT2D eigenvalue weighted by Gasteiger charge is 2.02. The van der Waals surface area contributed by atoms with E-state index in [1.165, 1.54) is 0 Å². The van der Waals surface area contributed by atoms with Gasteiger partial charge in [-0.25, -0.2) is 0 Å². The Kier molecular flexibility index (Phi) is 2.97. The van der Waals surface area contributed by atoms with Crippen molar-refractivity contribution in [2.45, 2.75) is 13.8 Å². The van der Waals surface area contributed by atoms with Crippen LogP contribution < -0.4 is 11.1 Å². The normalized spacial score (nSPS) is 9.77. The number of pyridine rings is 1. The van der Waals surface area contributed by atoms with E-state index in [2.05, 4.69) is 10.3 Å². The first-order valence-electron chi connectivity index (χ1n) is 4.07. The monoisotopic (exact) mass is 179 g/mol. The molecule has 0 aliphatic rings. The molecule has 0 aliphatic carbocycles. The molecule has 1 aromatic heterocycles. The molecule has 0 bridgehead atoms. The molecule has 3 N–H and O–H groups in total. The Balaban J connectivity index is 2.83. The number of aromatic nitrogens is 1. The highest BCUT2D eigenvalue weighted by atomic mass is 16.1. The van der Waals surface area contributed by atoms with E-state index in [9.17, 15) is 4.79 Å². The first-order chi connectivity index (χ1) is 6.13. The van der Waals surface area contributed by atoms with Crippen molar-refractivity contribution in [3.05, 3.63) is 23.5 Å². The number of carbonyl (C=O) groups is 1. The molecule has 13 heavy (non-hydrogen) atoms. The molecule has 0 aliphatic heterocycles. The van der Waals surface area contributed by atoms with Crippen molar-refractivity contribution in [2.24, 2.45) is 5.73 Å². The van der Waals surface area contributed by atoms with E-state index in [4.69, 9.17) is 5.73 Å². The summed E-state index contributed by atoms with van der Waals surface area (Å²) in [6.07, 6.45) is 0. The van der Waals surface area contributed by atoms with Crippen molar-refractivity contribution in [2.75, 3.05) is 11.9 Å². The standard InChI is InChI=1S/C9H13N3O/c1-6-3-4-8(7(2)11-6)12-9(13)5-10/h3-4H,5,10H2,1-2H3,(H,12,13). The zero-order valence-corrected chi connectivity index (χ0v) is 7.79. The van der Waals surface area contributed by atoms with E-state index in [0.29, 0.717) is 0 Å². The second kappa shape index (κ2) is 4.00. The van der Waals surface area contributed by atoms with Crippen LogP contribution in [0.2, 0.25) is 0 Å². The van der Waals surface area contributed by atoms with Crippen molar-refractivity contribution >= 4 is 11.6 Å². The summed E-state index contributed by atoms with van der Waals surface area (Å²) in [5.41, 5.74) is 7.63. The van der Waals surface area contributed by atoms with Crippen LogP contribution in [0.5, 0.6) is 0 Å². The lowest BCUT2D eigenvalue weighted by molar-refractivity contribution is -0.114. The number of aryl methyl sites for hydroxylation is 2. The van der Waals surface area contributed by atoms with Crippen LogP contribution in [0.3, 0.4) is 0 Å². The van der Waals surface area contributed by atoms with Crippen molar-refractivity contribution in [3.8, 4) is 0 Å². The lowest BCUT2D eigenvalue weighted by Gasteiger charge is -2.06. The lowest BCUT2D eigenvalue weighted by Crippen LogP contribution is -2.22. The number of rotatable bonds is 2. The fourth-order valence-corrected chi connectivity index (χ4v) is 1.02. The Morgan fingerprint density at radius 2 is 2.23 bits per heavy atom. The van der Waals surface area contributed by atoms with Crippen LogP contribution in [0.1, 0.15) is 11.4 Å². The van der Waals surface area contributed by atoms with E-state index in [1.54, 1.807) is 0 Å². The number of nitrogens with zero attached hydrogens (tertiary/aromatic N) is 1. The van der Waals surface area contributed by atoms with Gasteiger partial charge in [-0.1, -0.05) is 0 Å². The minimum atomic E-state index is -0.200. The Bertz CT molecular complexity index is 323. The van der Waals surface area contributed by atoms with E-state index >= 15 is 0 Å². The van der Waals surface area contributed by atoms with Gasteiger partial charge < -0.3 is 11.1 Å². The quantitative estimate of drug-likeness (QED) is 0.698. The summed E-state index contributed by atoms with van der Waals surface area (Å²) in [5.74, 6) is -0.200. The van der Waals surface area contributed by atoms with E-state index < -0.39 is 0 Å². The van der Waals surface area contributed by atoms with Gasteiger partial charge in [0.25, 0.3) is 0 Å². The summed E-state index contributed by atoms with van der Waals surface area (Å²) >= 11 is 0. The number of amides is 1. The highest BCUT2D eigenvalue weighted by Crippen LogP contribution is 2.11. The Morgan fingerprint density at radius 1 is 1.54 bits per heavy atom. The third kappa shape index (κ3) is 2.52. The van der Waals surface area contributed by atoms with Gasteiger partial charge in [-0.3, -0.25) is 9.78 Å². The average molecular weight is 179 g/mol. The van der Waals surface area contributed by atoms with Crippen molar-refractivity contribution in [1.29, 1.82) is 0 Å². The number of hydrogen-bond acceptors (Lipinski definition) is 3. The topological polar surface area (TPSA) is 68.0 Å². The molecule has 70 valence electrons. The lowest BCUT2D eigenvalue weighted by atomic mass is 10.2. The zero-order chi connectivity index (χ0) is 9.84. The number of nitrogens with one attached hydrogen (secondary N) is 1. The molecule has 1 aromatic rings. The smallest absolute Gasteiger partial charge is 0.238 e. The molecular formula is C9H13N3O. The zero-order valence-electron chi connectivity index (χ0n) is 7.79. The summed E-state index contributed by atoms with van der Waals surface area (Å²) in [7, 11) is 0. The van der Waals surface area contributed by atoms with E-state index in [1.807, 2.05) is 26.0 Å².